The van der Waals surface area contributed by atoms with Crippen LogP contribution in [0.1, 0.15) is 284 Å². The molecule has 0 heterocycles. The van der Waals surface area contributed by atoms with Crippen LogP contribution in [0.15, 0.2) is 122 Å². The highest BCUT2D eigenvalue weighted by atomic mass is 16.6. The van der Waals surface area contributed by atoms with E-state index in [1.54, 1.807) is 0 Å². The van der Waals surface area contributed by atoms with Crippen molar-refractivity contribution in [1.82, 2.24) is 0 Å². The Morgan fingerprint density at radius 1 is 0.276 bits per heavy atom. The van der Waals surface area contributed by atoms with Gasteiger partial charge in [-0.15, -0.1) is 0 Å². The zero-order chi connectivity index (χ0) is 55.0. The molecule has 0 aromatic rings. The van der Waals surface area contributed by atoms with Crippen molar-refractivity contribution in [3.8, 4) is 0 Å². The summed E-state index contributed by atoms with van der Waals surface area (Å²) in [6.07, 6.45) is 87.8. The van der Waals surface area contributed by atoms with E-state index in [9.17, 15) is 14.4 Å². The lowest BCUT2D eigenvalue weighted by Gasteiger charge is -2.18. The second-order valence-corrected chi connectivity index (χ2v) is 20.6. The van der Waals surface area contributed by atoms with Gasteiger partial charge in [-0.3, -0.25) is 14.4 Å². The minimum Gasteiger partial charge on any atom is -0.462 e. The number of hydrogen-bond donors (Lipinski definition) is 0. The Morgan fingerprint density at radius 2 is 0.513 bits per heavy atom. The lowest BCUT2D eigenvalue weighted by molar-refractivity contribution is -0.167. The molecule has 0 aliphatic carbocycles. The topological polar surface area (TPSA) is 78.9 Å². The first kappa shape index (κ1) is 71.8. The van der Waals surface area contributed by atoms with Crippen molar-refractivity contribution >= 4 is 17.9 Å². The van der Waals surface area contributed by atoms with E-state index in [1.807, 2.05) is 0 Å². The molecule has 0 saturated heterocycles. The molecule has 0 N–H and O–H groups in total. The van der Waals surface area contributed by atoms with E-state index in [-0.39, 0.29) is 31.1 Å². The van der Waals surface area contributed by atoms with Gasteiger partial charge in [0.1, 0.15) is 13.2 Å². The van der Waals surface area contributed by atoms with Gasteiger partial charge in [-0.05, 0) is 116 Å². The number of esters is 3. The normalized spacial score (nSPS) is 12.9. The molecule has 0 radical (unpaired) electrons. The Bertz CT molecular complexity index is 1590. The van der Waals surface area contributed by atoms with Crippen LogP contribution in [-0.2, 0) is 28.6 Å². The third-order valence-electron chi connectivity index (χ3n) is 13.2. The summed E-state index contributed by atoms with van der Waals surface area (Å²) in [4.78, 5) is 38.1. The Kier molecular flexibility index (Phi) is 59.9. The van der Waals surface area contributed by atoms with Gasteiger partial charge in [-0.25, -0.2) is 0 Å². The lowest BCUT2D eigenvalue weighted by atomic mass is 10.1. The summed E-state index contributed by atoms with van der Waals surface area (Å²) >= 11 is 0. The maximum atomic E-state index is 12.9. The molecule has 0 spiro atoms. The fourth-order valence-corrected chi connectivity index (χ4v) is 8.49. The van der Waals surface area contributed by atoms with Gasteiger partial charge >= 0.3 is 17.9 Å². The van der Waals surface area contributed by atoms with Crippen LogP contribution in [0.25, 0.3) is 0 Å². The highest BCUT2D eigenvalue weighted by molar-refractivity contribution is 5.71. The first-order valence-corrected chi connectivity index (χ1v) is 31.5. The molecular weight excluding hydrogens is 937 g/mol. The first-order chi connectivity index (χ1) is 37.5. The molecule has 0 saturated carbocycles. The first-order valence-electron chi connectivity index (χ1n) is 31.5. The van der Waals surface area contributed by atoms with Gasteiger partial charge < -0.3 is 14.2 Å². The molecule has 0 bridgehead atoms. The maximum Gasteiger partial charge on any atom is 0.306 e. The zero-order valence-electron chi connectivity index (χ0n) is 49.5. The van der Waals surface area contributed by atoms with Crippen molar-refractivity contribution < 1.29 is 28.6 Å². The maximum absolute atomic E-state index is 12.9. The minimum atomic E-state index is -0.789. The van der Waals surface area contributed by atoms with Crippen LogP contribution >= 0.6 is 0 Å². The number of unbranched alkanes of at least 4 members (excludes halogenated alkanes) is 25. The van der Waals surface area contributed by atoms with E-state index >= 15 is 0 Å². The zero-order valence-corrected chi connectivity index (χ0v) is 49.5. The van der Waals surface area contributed by atoms with E-state index in [0.717, 1.165) is 135 Å². The molecule has 76 heavy (non-hydrogen) atoms. The molecule has 0 rings (SSSR count). The molecule has 6 nitrogen and oxygen atoms in total. The van der Waals surface area contributed by atoms with E-state index in [0.29, 0.717) is 19.3 Å². The van der Waals surface area contributed by atoms with Crippen LogP contribution in [0.4, 0.5) is 0 Å². The van der Waals surface area contributed by atoms with E-state index in [1.165, 1.54) is 109 Å². The highest BCUT2D eigenvalue weighted by Crippen LogP contribution is 2.15. The molecular formula is C70H116O6. The molecule has 0 amide bonds. The van der Waals surface area contributed by atoms with E-state index < -0.39 is 6.10 Å². The van der Waals surface area contributed by atoms with Crippen LogP contribution < -0.4 is 0 Å². The van der Waals surface area contributed by atoms with Crippen molar-refractivity contribution in [3.05, 3.63) is 122 Å². The third kappa shape index (κ3) is 60.7. The average Bonchev–Trinajstić information content (AvgIpc) is 3.42. The van der Waals surface area contributed by atoms with Gasteiger partial charge in [0, 0.05) is 19.3 Å². The second-order valence-electron chi connectivity index (χ2n) is 20.6. The summed E-state index contributed by atoms with van der Waals surface area (Å²) in [7, 11) is 0. The standard InChI is InChI=1S/C70H116O6/c1-4-7-10-13-16-19-21-23-25-27-29-30-31-32-33-34-35-36-37-38-39-40-41-43-44-46-48-51-54-57-60-63-69(72)75-66-67(65-74-68(71)62-59-56-53-50-18-15-12-9-6-3)76-70(73)64-61-58-55-52-49-47-45-42-28-26-24-22-20-17-14-11-8-5-2/h7,10,16,19-20,22-23,25-26,28-30,32-33,35-36,38-39,41,43,67H,4-6,8-9,11-15,17-18,21,24,27,31,34,37,40,42,44-66H2,1-3H3/b10-7-,19-16-,22-20-,25-23-,28-26-,30-29-,33-32-,36-35-,39-38-,43-41-. The summed E-state index contributed by atoms with van der Waals surface area (Å²) in [5.41, 5.74) is 0. The number of ether oxygens (including phenoxy) is 3. The summed E-state index contributed by atoms with van der Waals surface area (Å²) in [5.74, 6) is -0.909. The molecule has 432 valence electrons. The Morgan fingerprint density at radius 3 is 0.816 bits per heavy atom. The van der Waals surface area contributed by atoms with E-state index in [2.05, 4.69) is 142 Å². The molecule has 1 unspecified atom stereocenters. The van der Waals surface area contributed by atoms with Crippen LogP contribution in [0.5, 0.6) is 0 Å². The van der Waals surface area contributed by atoms with Gasteiger partial charge in [0.25, 0.3) is 0 Å². The number of carbonyl (C=O) groups excluding carboxylic acids is 3. The van der Waals surface area contributed by atoms with Crippen LogP contribution in [0, 0.1) is 0 Å². The van der Waals surface area contributed by atoms with Gasteiger partial charge in [0.2, 0.25) is 0 Å². The number of hydrogen-bond acceptors (Lipinski definition) is 6. The third-order valence-corrected chi connectivity index (χ3v) is 13.2. The van der Waals surface area contributed by atoms with Gasteiger partial charge in [0.05, 0.1) is 0 Å². The fourth-order valence-electron chi connectivity index (χ4n) is 8.49. The molecule has 0 aliphatic rings. The fraction of sp³-hybridized carbons (Fsp3) is 0.671. The monoisotopic (exact) mass is 1050 g/mol. The summed E-state index contributed by atoms with van der Waals surface area (Å²) < 4.78 is 16.8. The summed E-state index contributed by atoms with van der Waals surface area (Å²) in [6, 6.07) is 0. The Labute approximate surface area is 469 Å². The van der Waals surface area contributed by atoms with Crippen molar-refractivity contribution in [2.24, 2.45) is 0 Å². The number of carbonyl (C=O) groups is 3. The quantitative estimate of drug-likeness (QED) is 0.0261. The predicted molar refractivity (Wildman–Crippen MR) is 330 cm³/mol. The SMILES string of the molecule is CC/C=C\C/C=C\C/C=C\C/C=C\C/C=C\C/C=C\C/C=C\C/C=C\CCCCCCCCC(=O)OCC(COC(=O)CCCCCCCCCCC)OC(=O)CCCCCCCCC/C=C\C/C=C\CCCCCC. The molecule has 0 aromatic carbocycles. The van der Waals surface area contributed by atoms with Gasteiger partial charge in [-0.2, -0.15) is 0 Å². The van der Waals surface area contributed by atoms with Crippen molar-refractivity contribution in [2.45, 2.75) is 290 Å². The van der Waals surface area contributed by atoms with Crippen LogP contribution in [0.3, 0.4) is 0 Å². The van der Waals surface area contributed by atoms with Crippen molar-refractivity contribution in [1.29, 1.82) is 0 Å². The Balaban J connectivity index is 4.27. The molecule has 0 aliphatic heterocycles. The van der Waals surface area contributed by atoms with Gasteiger partial charge in [-0.1, -0.05) is 271 Å². The van der Waals surface area contributed by atoms with Crippen molar-refractivity contribution in [3.63, 3.8) is 0 Å². The molecule has 6 heteroatoms. The van der Waals surface area contributed by atoms with Crippen LogP contribution in [-0.4, -0.2) is 37.2 Å². The molecule has 0 fully saturated rings. The molecule has 1 atom stereocenters. The number of rotatable bonds is 56. The largest absolute Gasteiger partial charge is 0.462 e. The lowest BCUT2D eigenvalue weighted by Crippen LogP contribution is -2.30. The predicted octanol–water partition coefficient (Wildman–Crippen LogP) is 21.6. The van der Waals surface area contributed by atoms with Gasteiger partial charge in [0.15, 0.2) is 6.10 Å². The second kappa shape index (κ2) is 63.3. The molecule has 0 aromatic heterocycles. The Hall–Kier alpha value is -4.19. The summed E-state index contributed by atoms with van der Waals surface area (Å²) in [6.45, 7) is 6.48. The summed E-state index contributed by atoms with van der Waals surface area (Å²) in [5, 5.41) is 0. The smallest absolute Gasteiger partial charge is 0.306 e. The van der Waals surface area contributed by atoms with Crippen molar-refractivity contribution in [2.75, 3.05) is 13.2 Å². The average molecular weight is 1050 g/mol. The number of allylic oxidation sites excluding steroid dienone is 20. The van der Waals surface area contributed by atoms with E-state index in [4.69, 9.17) is 14.2 Å². The highest BCUT2D eigenvalue weighted by Gasteiger charge is 2.19. The minimum absolute atomic E-state index is 0.0861. The van der Waals surface area contributed by atoms with Crippen LogP contribution in [0.2, 0.25) is 0 Å².